The second-order valence-corrected chi connectivity index (χ2v) is 4.47. The van der Waals surface area contributed by atoms with Gasteiger partial charge in [0.2, 0.25) is 5.88 Å². The molecule has 68 valence electrons. The SMILES string of the molecule is CN(C)S(=O)(=O)n1cccc1O. The summed E-state index contributed by atoms with van der Waals surface area (Å²) >= 11 is 0. The Morgan fingerprint density at radius 3 is 2.42 bits per heavy atom. The van der Waals surface area contributed by atoms with Gasteiger partial charge in [0, 0.05) is 26.4 Å². The fraction of sp³-hybridized carbons (Fsp3) is 0.333. The van der Waals surface area contributed by atoms with E-state index in [1.807, 2.05) is 0 Å². The largest absolute Gasteiger partial charge is 0.494 e. The molecule has 0 fully saturated rings. The summed E-state index contributed by atoms with van der Waals surface area (Å²) in [5.41, 5.74) is 0. The van der Waals surface area contributed by atoms with E-state index in [0.29, 0.717) is 0 Å². The third-order valence-electron chi connectivity index (χ3n) is 1.40. The highest BCUT2D eigenvalue weighted by Crippen LogP contribution is 2.13. The predicted molar refractivity (Wildman–Crippen MR) is 44.1 cm³/mol. The van der Waals surface area contributed by atoms with Crippen LogP contribution in [0.5, 0.6) is 5.88 Å². The number of aromatic hydroxyl groups is 1. The Hall–Kier alpha value is -1.01. The van der Waals surface area contributed by atoms with E-state index in [4.69, 9.17) is 5.11 Å². The van der Waals surface area contributed by atoms with Crippen LogP contribution in [-0.4, -0.2) is 35.9 Å². The van der Waals surface area contributed by atoms with Crippen molar-refractivity contribution in [3.8, 4) is 5.88 Å². The maximum absolute atomic E-state index is 11.3. The molecule has 0 atom stereocenters. The molecule has 0 spiro atoms. The van der Waals surface area contributed by atoms with Crippen molar-refractivity contribution >= 4 is 10.2 Å². The average Bonchev–Trinajstić information content (AvgIpc) is 2.35. The van der Waals surface area contributed by atoms with Gasteiger partial charge in [-0.3, -0.25) is 0 Å². The van der Waals surface area contributed by atoms with Crippen LogP contribution >= 0.6 is 0 Å². The lowest BCUT2D eigenvalue weighted by molar-refractivity contribution is 0.436. The lowest BCUT2D eigenvalue weighted by Crippen LogP contribution is -2.27. The van der Waals surface area contributed by atoms with E-state index in [-0.39, 0.29) is 5.88 Å². The molecule has 0 aliphatic rings. The van der Waals surface area contributed by atoms with E-state index in [1.54, 1.807) is 0 Å². The van der Waals surface area contributed by atoms with Gasteiger partial charge >= 0.3 is 10.2 Å². The zero-order valence-corrected chi connectivity index (χ0v) is 7.61. The molecule has 1 N–H and O–H groups in total. The standard InChI is InChI=1S/C6H10N2O3S/c1-7(2)12(10,11)8-5-3-4-6(8)9/h3-5,9H,1-2H3. The molecular formula is C6H10N2O3S. The molecule has 1 rings (SSSR count). The van der Waals surface area contributed by atoms with Crippen LogP contribution < -0.4 is 0 Å². The zero-order chi connectivity index (χ0) is 9.35. The first-order valence-electron chi connectivity index (χ1n) is 3.25. The Bertz CT molecular complexity index is 366. The first-order valence-corrected chi connectivity index (χ1v) is 4.65. The van der Waals surface area contributed by atoms with Crippen molar-refractivity contribution in [2.45, 2.75) is 0 Å². The quantitative estimate of drug-likeness (QED) is 0.705. The van der Waals surface area contributed by atoms with E-state index < -0.39 is 10.2 Å². The van der Waals surface area contributed by atoms with Crippen molar-refractivity contribution in [1.82, 2.24) is 8.28 Å². The lowest BCUT2D eigenvalue weighted by atomic mass is 10.7. The minimum absolute atomic E-state index is 0.288. The van der Waals surface area contributed by atoms with Gasteiger partial charge in [-0.15, -0.1) is 0 Å². The van der Waals surface area contributed by atoms with Gasteiger partial charge in [0.15, 0.2) is 0 Å². The molecule has 0 bridgehead atoms. The van der Waals surface area contributed by atoms with Gasteiger partial charge in [0.25, 0.3) is 0 Å². The van der Waals surface area contributed by atoms with Gasteiger partial charge < -0.3 is 5.11 Å². The van der Waals surface area contributed by atoms with E-state index in [0.717, 1.165) is 8.28 Å². The van der Waals surface area contributed by atoms with Crippen LogP contribution in [0.25, 0.3) is 0 Å². The second kappa shape index (κ2) is 2.80. The van der Waals surface area contributed by atoms with Crippen molar-refractivity contribution in [3.63, 3.8) is 0 Å². The Labute approximate surface area is 71.0 Å². The van der Waals surface area contributed by atoms with Crippen LogP contribution in [-0.2, 0) is 10.2 Å². The smallest absolute Gasteiger partial charge is 0.309 e. The summed E-state index contributed by atoms with van der Waals surface area (Å²) in [6.45, 7) is 0. The van der Waals surface area contributed by atoms with Crippen LogP contribution in [0, 0.1) is 0 Å². The normalized spacial score (nSPS) is 12.2. The third-order valence-corrected chi connectivity index (χ3v) is 3.13. The maximum atomic E-state index is 11.3. The molecule has 0 aliphatic carbocycles. The first kappa shape index (κ1) is 9.08. The summed E-state index contributed by atoms with van der Waals surface area (Å²) in [5.74, 6) is -0.288. The van der Waals surface area contributed by atoms with E-state index in [9.17, 15) is 8.42 Å². The number of hydrogen-bond acceptors (Lipinski definition) is 3. The van der Waals surface area contributed by atoms with E-state index in [1.165, 1.54) is 32.4 Å². The lowest BCUT2D eigenvalue weighted by Gasteiger charge is -2.12. The van der Waals surface area contributed by atoms with Gasteiger partial charge in [0.05, 0.1) is 0 Å². The maximum Gasteiger partial charge on any atom is 0.309 e. The summed E-state index contributed by atoms with van der Waals surface area (Å²) in [4.78, 5) is 0. The second-order valence-electron chi connectivity index (χ2n) is 2.45. The molecule has 0 amide bonds. The highest BCUT2D eigenvalue weighted by Gasteiger charge is 2.17. The predicted octanol–water partition coefficient (Wildman–Crippen LogP) is -0.152. The van der Waals surface area contributed by atoms with Crippen molar-refractivity contribution in [2.75, 3.05) is 14.1 Å². The third kappa shape index (κ3) is 1.30. The molecule has 0 aliphatic heterocycles. The van der Waals surface area contributed by atoms with Crippen molar-refractivity contribution in [3.05, 3.63) is 18.3 Å². The van der Waals surface area contributed by atoms with Crippen molar-refractivity contribution in [1.29, 1.82) is 0 Å². The van der Waals surface area contributed by atoms with Gasteiger partial charge in [-0.05, 0) is 6.07 Å². The fourth-order valence-corrected chi connectivity index (χ4v) is 1.60. The molecule has 12 heavy (non-hydrogen) atoms. The Morgan fingerprint density at radius 1 is 1.50 bits per heavy atom. The molecule has 0 saturated carbocycles. The van der Waals surface area contributed by atoms with Gasteiger partial charge in [0.1, 0.15) is 0 Å². The topological polar surface area (TPSA) is 62.5 Å². The number of rotatable bonds is 2. The fourth-order valence-electron chi connectivity index (χ4n) is 0.728. The molecule has 0 aromatic carbocycles. The molecule has 1 aromatic heterocycles. The Kier molecular flexibility index (Phi) is 2.12. The highest BCUT2D eigenvalue weighted by molar-refractivity contribution is 7.87. The summed E-state index contributed by atoms with van der Waals surface area (Å²) in [6.07, 6.45) is 1.28. The summed E-state index contributed by atoms with van der Waals surface area (Å²) in [6, 6.07) is 2.76. The van der Waals surface area contributed by atoms with Gasteiger partial charge in [-0.25, -0.2) is 3.97 Å². The van der Waals surface area contributed by atoms with Crippen molar-refractivity contribution in [2.24, 2.45) is 0 Å². The first-order chi connectivity index (χ1) is 5.46. The van der Waals surface area contributed by atoms with Gasteiger partial charge in [-0.2, -0.15) is 12.7 Å². The molecule has 6 heteroatoms. The Balaban J connectivity index is 3.24. The molecule has 0 unspecified atom stereocenters. The molecule has 1 aromatic rings. The molecule has 0 saturated heterocycles. The van der Waals surface area contributed by atoms with Crippen LogP contribution in [0.1, 0.15) is 0 Å². The van der Waals surface area contributed by atoms with Crippen LogP contribution in [0.3, 0.4) is 0 Å². The summed E-state index contributed by atoms with van der Waals surface area (Å²) in [5, 5.41) is 9.09. The molecule has 1 heterocycles. The minimum atomic E-state index is -3.56. The summed E-state index contributed by atoms with van der Waals surface area (Å²) < 4.78 is 24.5. The van der Waals surface area contributed by atoms with Crippen LogP contribution in [0.15, 0.2) is 18.3 Å². The number of nitrogens with zero attached hydrogens (tertiary/aromatic N) is 2. The monoisotopic (exact) mass is 190 g/mol. The van der Waals surface area contributed by atoms with E-state index in [2.05, 4.69) is 0 Å². The summed E-state index contributed by atoms with van der Waals surface area (Å²) in [7, 11) is -0.769. The number of aromatic nitrogens is 1. The molecule has 5 nitrogen and oxygen atoms in total. The van der Waals surface area contributed by atoms with Crippen LogP contribution in [0.2, 0.25) is 0 Å². The number of hydrogen-bond donors (Lipinski definition) is 1. The minimum Gasteiger partial charge on any atom is -0.494 e. The van der Waals surface area contributed by atoms with Gasteiger partial charge in [-0.1, -0.05) is 0 Å². The Morgan fingerprint density at radius 2 is 2.08 bits per heavy atom. The van der Waals surface area contributed by atoms with Crippen LogP contribution in [0.4, 0.5) is 0 Å². The average molecular weight is 190 g/mol. The molecular weight excluding hydrogens is 180 g/mol. The zero-order valence-electron chi connectivity index (χ0n) is 6.80. The van der Waals surface area contributed by atoms with Crippen molar-refractivity contribution < 1.29 is 13.5 Å². The highest BCUT2D eigenvalue weighted by atomic mass is 32.2. The molecule has 0 radical (unpaired) electrons. The van der Waals surface area contributed by atoms with E-state index >= 15 is 0 Å².